The number of amides is 1. The second kappa shape index (κ2) is 11.5. The number of carboxylic acids is 1. The zero-order valence-electron chi connectivity index (χ0n) is 19.6. The molecule has 10 nitrogen and oxygen atoms in total. The van der Waals surface area contributed by atoms with Crippen LogP contribution in [-0.4, -0.2) is 41.4 Å². The number of aliphatic carboxylic acids is 1. The van der Waals surface area contributed by atoms with E-state index in [0.29, 0.717) is 21.1 Å². The Bertz CT molecular complexity index is 1680. The highest BCUT2D eigenvalue weighted by molar-refractivity contribution is 14.1. The molecule has 0 saturated heterocycles. The maximum Gasteiger partial charge on any atom is 0.326 e. The molecular formula is C26H20IN5O5S. The van der Waals surface area contributed by atoms with Gasteiger partial charge in [-0.1, -0.05) is 46.9 Å². The van der Waals surface area contributed by atoms with Gasteiger partial charge in [0.15, 0.2) is 0 Å². The number of anilines is 1. The normalized spacial score (nSPS) is 11.9. The SMILES string of the molecule is N#Cc1cccc(C[C@H](NC(=O)c2ccc(CI)cc2NS(=O)(=O)c2cccc3nccnc23)C(=O)O)c1. The number of halogens is 1. The first-order valence-corrected chi connectivity index (χ1v) is 14.2. The lowest BCUT2D eigenvalue weighted by Gasteiger charge is -2.18. The van der Waals surface area contributed by atoms with Crippen molar-refractivity contribution < 1.29 is 23.1 Å². The van der Waals surface area contributed by atoms with Gasteiger partial charge in [-0.05, 0) is 47.5 Å². The molecule has 0 spiro atoms. The van der Waals surface area contributed by atoms with Crippen LogP contribution in [0.2, 0.25) is 0 Å². The molecule has 1 aromatic heterocycles. The van der Waals surface area contributed by atoms with Crippen LogP contribution in [0.25, 0.3) is 11.0 Å². The molecule has 1 atom stereocenters. The van der Waals surface area contributed by atoms with Crippen LogP contribution >= 0.6 is 22.6 Å². The van der Waals surface area contributed by atoms with E-state index < -0.39 is 27.9 Å². The molecule has 0 aliphatic heterocycles. The van der Waals surface area contributed by atoms with Crippen LogP contribution in [0.3, 0.4) is 0 Å². The molecule has 0 saturated carbocycles. The van der Waals surface area contributed by atoms with Crippen LogP contribution < -0.4 is 10.0 Å². The molecule has 0 fully saturated rings. The van der Waals surface area contributed by atoms with Crippen molar-refractivity contribution >= 4 is 61.2 Å². The molecule has 0 aliphatic rings. The number of benzene rings is 3. The van der Waals surface area contributed by atoms with Crippen molar-refractivity contribution in [1.82, 2.24) is 15.3 Å². The number of para-hydroxylation sites is 1. The molecule has 0 radical (unpaired) electrons. The number of nitriles is 1. The molecule has 3 aromatic carbocycles. The summed E-state index contributed by atoms with van der Waals surface area (Å²) in [6.07, 6.45) is 2.77. The van der Waals surface area contributed by atoms with Gasteiger partial charge < -0.3 is 10.4 Å². The second-order valence-electron chi connectivity index (χ2n) is 8.18. The molecule has 38 heavy (non-hydrogen) atoms. The fourth-order valence-corrected chi connectivity index (χ4v) is 5.49. The Labute approximate surface area is 231 Å². The van der Waals surface area contributed by atoms with Crippen LogP contribution in [0.1, 0.15) is 27.0 Å². The minimum absolute atomic E-state index is 0.00632. The summed E-state index contributed by atoms with van der Waals surface area (Å²) in [4.78, 5) is 33.4. The van der Waals surface area contributed by atoms with E-state index in [2.05, 4.69) is 42.6 Å². The van der Waals surface area contributed by atoms with Crippen molar-refractivity contribution in [2.24, 2.45) is 0 Å². The van der Waals surface area contributed by atoms with Gasteiger partial charge in [0.2, 0.25) is 0 Å². The van der Waals surface area contributed by atoms with Crippen LogP contribution in [0, 0.1) is 11.3 Å². The third kappa shape index (κ3) is 6.06. The van der Waals surface area contributed by atoms with E-state index in [-0.39, 0.29) is 28.1 Å². The number of nitrogens with one attached hydrogen (secondary N) is 2. The van der Waals surface area contributed by atoms with E-state index >= 15 is 0 Å². The minimum atomic E-state index is -4.20. The predicted octanol–water partition coefficient (Wildman–Crippen LogP) is 3.66. The molecule has 1 heterocycles. The van der Waals surface area contributed by atoms with Crippen LogP contribution in [0.5, 0.6) is 0 Å². The molecule has 4 rings (SSSR count). The Morgan fingerprint density at radius 3 is 2.53 bits per heavy atom. The molecule has 0 aliphatic carbocycles. The van der Waals surface area contributed by atoms with Crippen molar-refractivity contribution in [3.05, 3.63) is 95.3 Å². The van der Waals surface area contributed by atoms with Crippen molar-refractivity contribution in [3.8, 4) is 6.07 Å². The lowest BCUT2D eigenvalue weighted by atomic mass is 10.0. The standard InChI is InChI=1S/C26H20IN5O5S/c27-14-17-7-8-19(25(33)31-22(26(34)35)12-16-3-1-4-18(11-16)15-28)21(13-17)32-38(36,37)23-6-2-5-20-24(23)30-10-9-29-20/h1-11,13,22,32H,12,14H2,(H,31,33)(H,34,35)/t22-/m0/s1. The molecule has 3 N–H and O–H groups in total. The minimum Gasteiger partial charge on any atom is -0.480 e. The number of carbonyl (C=O) groups is 2. The number of nitrogens with zero attached hydrogens (tertiary/aromatic N) is 3. The number of carbonyl (C=O) groups excluding carboxylic acids is 1. The molecule has 12 heteroatoms. The third-order valence-corrected chi connectivity index (χ3v) is 7.86. The monoisotopic (exact) mass is 641 g/mol. The molecule has 192 valence electrons. The first-order chi connectivity index (χ1) is 18.2. The van der Waals surface area contributed by atoms with Crippen LogP contribution in [-0.2, 0) is 25.7 Å². The summed E-state index contributed by atoms with van der Waals surface area (Å²) in [6, 6.07) is 16.3. The summed E-state index contributed by atoms with van der Waals surface area (Å²) < 4.78 is 29.8. The van der Waals surface area contributed by atoms with Crippen LogP contribution in [0.4, 0.5) is 5.69 Å². The number of aromatic nitrogens is 2. The number of rotatable bonds is 9. The summed E-state index contributed by atoms with van der Waals surface area (Å²) in [5.74, 6) is -2.05. The highest BCUT2D eigenvalue weighted by Gasteiger charge is 2.25. The average Bonchev–Trinajstić information content (AvgIpc) is 2.92. The topological polar surface area (TPSA) is 162 Å². The number of sulfonamides is 1. The summed E-state index contributed by atoms with van der Waals surface area (Å²) in [7, 11) is -4.20. The summed E-state index contributed by atoms with van der Waals surface area (Å²) in [5, 5.41) is 21.3. The summed E-state index contributed by atoms with van der Waals surface area (Å²) in [6.45, 7) is 0. The number of hydrogen-bond donors (Lipinski definition) is 3. The molecule has 1 amide bonds. The van der Waals surface area contributed by atoms with E-state index in [0.717, 1.165) is 5.56 Å². The Balaban J connectivity index is 1.66. The Morgan fingerprint density at radius 2 is 1.79 bits per heavy atom. The second-order valence-corrected chi connectivity index (χ2v) is 10.6. The summed E-state index contributed by atoms with van der Waals surface area (Å²) >= 11 is 2.11. The Morgan fingerprint density at radius 1 is 1.03 bits per heavy atom. The van der Waals surface area contributed by atoms with Gasteiger partial charge in [-0.25, -0.2) is 13.2 Å². The summed E-state index contributed by atoms with van der Waals surface area (Å²) in [5.41, 5.74) is 2.17. The van der Waals surface area contributed by atoms with Crippen molar-refractivity contribution in [3.63, 3.8) is 0 Å². The maximum absolute atomic E-state index is 13.4. The number of fused-ring (bicyclic) bond motifs is 1. The van der Waals surface area contributed by atoms with Crippen molar-refractivity contribution in [1.29, 1.82) is 5.26 Å². The van der Waals surface area contributed by atoms with E-state index in [9.17, 15) is 23.1 Å². The van der Waals surface area contributed by atoms with E-state index in [1.54, 1.807) is 42.5 Å². The quantitative estimate of drug-likeness (QED) is 0.184. The number of hydrogen-bond acceptors (Lipinski definition) is 7. The molecule has 0 unspecified atom stereocenters. The molecule has 4 aromatic rings. The first-order valence-electron chi connectivity index (χ1n) is 11.2. The van der Waals surface area contributed by atoms with Crippen LogP contribution in [0.15, 0.2) is 78.0 Å². The predicted molar refractivity (Wildman–Crippen MR) is 148 cm³/mol. The molecular weight excluding hydrogens is 621 g/mol. The lowest BCUT2D eigenvalue weighted by molar-refractivity contribution is -0.139. The third-order valence-electron chi connectivity index (χ3n) is 5.58. The molecule has 0 bridgehead atoms. The van der Waals surface area contributed by atoms with Gasteiger partial charge in [0.05, 0.1) is 28.4 Å². The average molecular weight is 641 g/mol. The zero-order valence-corrected chi connectivity index (χ0v) is 22.6. The van der Waals surface area contributed by atoms with Gasteiger partial charge in [0, 0.05) is 23.2 Å². The fraction of sp³-hybridized carbons (Fsp3) is 0.115. The largest absolute Gasteiger partial charge is 0.480 e. The number of alkyl halides is 1. The van der Waals surface area contributed by atoms with E-state index in [4.69, 9.17) is 5.26 Å². The van der Waals surface area contributed by atoms with Crippen molar-refractivity contribution in [2.75, 3.05) is 4.72 Å². The van der Waals surface area contributed by atoms with E-state index in [1.165, 1.54) is 30.6 Å². The van der Waals surface area contributed by atoms with Gasteiger partial charge in [-0.2, -0.15) is 5.26 Å². The first kappa shape index (κ1) is 27.0. The van der Waals surface area contributed by atoms with Gasteiger partial charge in [0.25, 0.3) is 15.9 Å². The maximum atomic E-state index is 13.4. The number of carboxylic acid groups (broad SMARTS) is 1. The Hall–Kier alpha value is -4.09. The van der Waals surface area contributed by atoms with Gasteiger partial charge in [-0.3, -0.25) is 19.5 Å². The zero-order chi connectivity index (χ0) is 27.3. The highest BCUT2D eigenvalue weighted by atomic mass is 127. The lowest BCUT2D eigenvalue weighted by Crippen LogP contribution is -2.42. The Kier molecular flexibility index (Phi) is 8.18. The van der Waals surface area contributed by atoms with Crippen molar-refractivity contribution in [2.45, 2.75) is 21.8 Å². The fourth-order valence-electron chi connectivity index (χ4n) is 3.78. The van der Waals surface area contributed by atoms with E-state index in [1.807, 2.05) is 6.07 Å². The smallest absolute Gasteiger partial charge is 0.326 e. The highest BCUT2D eigenvalue weighted by Crippen LogP contribution is 2.26. The van der Waals surface area contributed by atoms with Gasteiger partial charge in [0.1, 0.15) is 16.5 Å². The van der Waals surface area contributed by atoms with Gasteiger partial charge in [-0.15, -0.1) is 0 Å². The van der Waals surface area contributed by atoms with Gasteiger partial charge >= 0.3 is 5.97 Å².